The SMILES string of the molecule is CN=C(NCCCOCC1CCOC1)NC1CCC(C(C)C)CC1. The monoisotopic (exact) mass is 339 g/mol. The summed E-state index contributed by atoms with van der Waals surface area (Å²) in [6, 6.07) is 0.574. The fourth-order valence-electron chi connectivity index (χ4n) is 3.66. The smallest absolute Gasteiger partial charge is 0.191 e. The summed E-state index contributed by atoms with van der Waals surface area (Å²) in [6.45, 7) is 9.01. The summed E-state index contributed by atoms with van der Waals surface area (Å²) in [4.78, 5) is 4.35. The van der Waals surface area contributed by atoms with E-state index in [-0.39, 0.29) is 0 Å². The maximum atomic E-state index is 5.74. The van der Waals surface area contributed by atoms with Crippen molar-refractivity contribution in [3.63, 3.8) is 0 Å². The molecule has 1 aliphatic heterocycles. The number of aliphatic imine (C=N–C) groups is 1. The summed E-state index contributed by atoms with van der Waals surface area (Å²) < 4.78 is 11.1. The third-order valence-electron chi connectivity index (χ3n) is 5.41. The second-order valence-electron chi connectivity index (χ2n) is 7.66. The van der Waals surface area contributed by atoms with Crippen molar-refractivity contribution in [3.05, 3.63) is 0 Å². The standard InChI is InChI=1S/C19H37N3O2/c1-15(2)17-5-7-18(8-6-17)22-19(20-3)21-10-4-11-23-13-16-9-12-24-14-16/h15-18H,4-14H2,1-3H3,(H2,20,21,22). The van der Waals surface area contributed by atoms with Crippen LogP contribution >= 0.6 is 0 Å². The molecule has 140 valence electrons. The van der Waals surface area contributed by atoms with Gasteiger partial charge < -0.3 is 20.1 Å². The highest BCUT2D eigenvalue weighted by molar-refractivity contribution is 5.79. The van der Waals surface area contributed by atoms with Gasteiger partial charge in [-0.2, -0.15) is 0 Å². The van der Waals surface area contributed by atoms with Crippen molar-refractivity contribution in [1.82, 2.24) is 10.6 Å². The van der Waals surface area contributed by atoms with Crippen LogP contribution in [0.5, 0.6) is 0 Å². The molecule has 5 nitrogen and oxygen atoms in total. The summed E-state index contributed by atoms with van der Waals surface area (Å²) in [5, 5.41) is 7.00. The third kappa shape index (κ3) is 6.98. The highest BCUT2D eigenvalue weighted by atomic mass is 16.5. The highest BCUT2D eigenvalue weighted by Crippen LogP contribution is 2.29. The van der Waals surface area contributed by atoms with Gasteiger partial charge in [-0.15, -0.1) is 0 Å². The van der Waals surface area contributed by atoms with E-state index in [4.69, 9.17) is 9.47 Å². The number of nitrogens with zero attached hydrogens (tertiary/aromatic N) is 1. The Kier molecular flexibility index (Phi) is 8.89. The van der Waals surface area contributed by atoms with Crippen molar-refractivity contribution in [1.29, 1.82) is 0 Å². The Labute approximate surface area is 148 Å². The first-order valence-corrected chi connectivity index (χ1v) is 9.81. The molecule has 1 saturated carbocycles. The topological polar surface area (TPSA) is 54.9 Å². The first-order valence-electron chi connectivity index (χ1n) is 9.81. The van der Waals surface area contributed by atoms with Crippen molar-refractivity contribution in [2.45, 2.75) is 58.4 Å². The van der Waals surface area contributed by atoms with Gasteiger partial charge in [-0.05, 0) is 50.4 Å². The van der Waals surface area contributed by atoms with Crippen LogP contribution < -0.4 is 10.6 Å². The van der Waals surface area contributed by atoms with Gasteiger partial charge in [-0.25, -0.2) is 0 Å². The van der Waals surface area contributed by atoms with Crippen LogP contribution in [0.1, 0.15) is 52.4 Å². The first kappa shape index (κ1) is 19.5. The van der Waals surface area contributed by atoms with Crippen molar-refractivity contribution in [2.75, 3.05) is 40.0 Å². The molecule has 2 aliphatic rings. The van der Waals surface area contributed by atoms with E-state index in [0.29, 0.717) is 12.0 Å². The lowest BCUT2D eigenvalue weighted by molar-refractivity contribution is 0.0888. The average Bonchev–Trinajstić information content (AvgIpc) is 3.10. The van der Waals surface area contributed by atoms with Crippen LogP contribution in [0.2, 0.25) is 0 Å². The Morgan fingerprint density at radius 1 is 1.21 bits per heavy atom. The molecule has 0 amide bonds. The molecule has 5 heteroatoms. The minimum atomic E-state index is 0.574. The molecule has 1 heterocycles. The van der Waals surface area contributed by atoms with Gasteiger partial charge in [0, 0.05) is 38.8 Å². The number of guanidine groups is 1. The van der Waals surface area contributed by atoms with E-state index in [1.165, 1.54) is 25.7 Å². The summed E-state index contributed by atoms with van der Waals surface area (Å²) in [6.07, 6.45) is 7.35. The minimum Gasteiger partial charge on any atom is -0.381 e. The van der Waals surface area contributed by atoms with Crippen LogP contribution in [0.15, 0.2) is 4.99 Å². The van der Waals surface area contributed by atoms with E-state index in [9.17, 15) is 0 Å². The molecule has 2 N–H and O–H groups in total. The fraction of sp³-hybridized carbons (Fsp3) is 0.947. The molecule has 24 heavy (non-hydrogen) atoms. The molecule has 0 radical (unpaired) electrons. The molecule has 0 aromatic heterocycles. The quantitative estimate of drug-likeness (QED) is 0.406. The Morgan fingerprint density at radius 3 is 2.62 bits per heavy atom. The Bertz CT molecular complexity index is 360. The van der Waals surface area contributed by atoms with Gasteiger partial charge in [0.05, 0.1) is 13.2 Å². The number of nitrogens with one attached hydrogen (secondary N) is 2. The second kappa shape index (κ2) is 10.9. The summed E-state index contributed by atoms with van der Waals surface area (Å²) in [5.74, 6) is 3.26. The van der Waals surface area contributed by atoms with Crippen LogP contribution in [0.4, 0.5) is 0 Å². The fourth-order valence-corrected chi connectivity index (χ4v) is 3.66. The van der Waals surface area contributed by atoms with E-state index in [2.05, 4.69) is 29.5 Å². The summed E-state index contributed by atoms with van der Waals surface area (Å²) in [5.41, 5.74) is 0. The number of hydrogen-bond acceptors (Lipinski definition) is 3. The van der Waals surface area contributed by atoms with Crippen LogP contribution in [0, 0.1) is 17.8 Å². The van der Waals surface area contributed by atoms with E-state index >= 15 is 0 Å². The molecule has 1 unspecified atom stereocenters. The van der Waals surface area contributed by atoms with Crippen molar-refractivity contribution >= 4 is 5.96 Å². The molecule has 1 atom stereocenters. The first-order chi connectivity index (χ1) is 11.7. The molecule has 0 bridgehead atoms. The lowest BCUT2D eigenvalue weighted by Crippen LogP contribution is -2.45. The van der Waals surface area contributed by atoms with Crippen molar-refractivity contribution < 1.29 is 9.47 Å². The van der Waals surface area contributed by atoms with E-state index in [1.807, 2.05) is 7.05 Å². The predicted molar refractivity (Wildman–Crippen MR) is 99.4 cm³/mol. The molecular formula is C19H37N3O2. The normalized spacial score (nSPS) is 28.3. The Morgan fingerprint density at radius 2 is 2.00 bits per heavy atom. The molecule has 2 rings (SSSR count). The van der Waals surface area contributed by atoms with Gasteiger partial charge in [0.15, 0.2) is 5.96 Å². The average molecular weight is 340 g/mol. The van der Waals surface area contributed by atoms with Crippen LogP contribution in [-0.4, -0.2) is 52.0 Å². The molecule has 0 aromatic rings. The molecule has 2 fully saturated rings. The molecule has 0 spiro atoms. The van der Waals surface area contributed by atoms with E-state index in [1.54, 1.807) is 0 Å². The van der Waals surface area contributed by atoms with Crippen molar-refractivity contribution in [3.8, 4) is 0 Å². The highest BCUT2D eigenvalue weighted by Gasteiger charge is 2.23. The lowest BCUT2D eigenvalue weighted by Gasteiger charge is -2.32. The maximum Gasteiger partial charge on any atom is 0.191 e. The second-order valence-corrected chi connectivity index (χ2v) is 7.66. The van der Waals surface area contributed by atoms with Gasteiger partial charge in [0.2, 0.25) is 0 Å². The maximum absolute atomic E-state index is 5.74. The zero-order chi connectivity index (χ0) is 17.2. The van der Waals surface area contributed by atoms with Gasteiger partial charge in [0.25, 0.3) is 0 Å². The number of rotatable bonds is 8. The van der Waals surface area contributed by atoms with Crippen LogP contribution in [0.3, 0.4) is 0 Å². The third-order valence-corrected chi connectivity index (χ3v) is 5.41. The van der Waals surface area contributed by atoms with Crippen LogP contribution in [0.25, 0.3) is 0 Å². The molecule has 1 saturated heterocycles. The molecule has 0 aromatic carbocycles. The largest absolute Gasteiger partial charge is 0.381 e. The predicted octanol–water partition coefficient (Wildman–Crippen LogP) is 2.81. The lowest BCUT2D eigenvalue weighted by atomic mass is 9.80. The van der Waals surface area contributed by atoms with Gasteiger partial charge in [0.1, 0.15) is 0 Å². The minimum absolute atomic E-state index is 0.574. The van der Waals surface area contributed by atoms with E-state index < -0.39 is 0 Å². The number of ether oxygens (including phenoxy) is 2. The number of hydrogen-bond donors (Lipinski definition) is 2. The summed E-state index contributed by atoms with van der Waals surface area (Å²) in [7, 11) is 1.85. The zero-order valence-electron chi connectivity index (χ0n) is 15.9. The zero-order valence-corrected chi connectivity index (χ0v) is 15.9. The molecule has 1 aliphatic carbocycles. The summed E-state index contributed by atoms with van der Waals surface area (Å²) >= 11 is 0. The molecular weight excluding hydrogens is 302 g/mol. The Balaban J connectivity index is 1.51. The van der Waals surface area contributed by atoms with Crippen molar-refractivity contribution in [2.24, 2.45) is 22.7 Å². The van der Waals surface area contributed by atoms with Gasteiger partial charge in [-0.1, -0.05) is 13.8 Å². The van der Waals surface area contributed by atoms with Gasteiger partial charge in [-0.3, -0.25) is 4.99 Å². The Hall–Kier alpha value is -0.810. The van der Waals surface area contributed by atoms with Gasteiger partial charge >= 0.3 is 0 Å². The van der Waals surface area contributed by atoms with E-state index in [0.717, 1.165) is 63.6 Å². The van der Waals surface area contributed by atoms with Crippen LogP contribution in [-0.2, 0) is 9.47 Å².